The van der Waals surface area contributed by atoms with Gasteiger partial charge in [0.05, 0.1) is 9.82 Å². The van der Waals surface area contributed by atoms with E-state index in [-0.39, 0.29) is 36.8 Å². The van der Waals surface area contributed by atoms with Crippen LogP contribution in [0.3, 0.4) is 0 Å². The molecule has 0 radical (unpaired) electrons. The normalized spacial score (nSPS) is 15.6. The number of halogens is 1. The van der Waals surface area contributed by atoms with Gasteiger partial charge in [-0.2, -0.15) is 8.70 Å². The van der Waals surface area contributed by atoms with Crippen LogP contribution in [0.25, 0.3) is 10.8 Å². The Balaban J connectivity index is 1.56. The van der Waals surface area contributed by atoms with Gasteiger partial charge in [0, 0.05) is 26.2 Å². The molecular formula is C20H18FN3O4S. The third-order valence-electron chi connectivity index (χ3n) is 5.09. The van der Waals surface area contributed by atoms with Gasteiger partial charge in [-0.15, -0.1) is 0 Å². The van der Waals surface area contributed by atoms with Crippen molar-refractivity contribution in [1.29, 1.82) is 0 Å². The number of hydrogen-bond acceptors (Lipinski definition) is 5. The molecule has 3 aromatic rings. The number of piperazine rings is 1. The number of hydrogen-bond donors (Lipinski definition) is 0. The van der Waals surface area contributed by atoms with Crippen LogP contribution in [0.2, 0.25) is 0 Å². The summed E-state index contributed by atoms with van der Waals surface area (Å²) in [4.78, 5) is 12.3. The van der Waals surface area contributed by atoms with E-state index in [4.69, 9.17) is 0 Å². The largest absolute Gasteiger partial charge is 0.363 e. The fourth-order valence-electron chi connectivity index (χ4n) is 3.59. The first kappa shape index (κ1) is 19.3. The van der Waals surface area contributed by atoms with E-state index in [0.29, 0.717) is 0 Å². The molecule has 150 valence electrons. The number of nitro groups is 1. The Hall–Kier alpha value is -3.04. The second-order valence-electron chi connectivity index (χ2n) is 6.76. The molecule has 7 nitrogen and oxygen atoms in total. The molecule has 0 aliphatic carbocycles. The number of nitro benzene ring substituents is 1. The van der Waals surface area contributed by atoms with E-state index in [1.165, 1.54) is 16.4 Å². The van der Waals surface area contributed by atoms with E-state index in [1.54, 1.807) is 23.1 Å². The first-order valence-electron chi connectivity index (χ1n) is 9.05. The minimum absolute atomic E-state index is 0.156. The zero-order valence-electron chi connectivity index (χ0n) is 15.4. The average Bonchev–Trinajstić information content (AvgIpc) is 2.73. The molecule has 0 spiro atoms. The standard InChI is InChI=1S/C20H18FN3O4S/c21-18-6-3-7-19(20(18)24(25)26)22-10-12-23(13-11-22)29(27,28)17-9-8-15-4-1-2-5-16(15)14-17/h1-9,14H,10-13H2. The highest BCUT2D eigenvalue weighted by Gasteiger charge is 2.31. The number of nitrogens with zero attached hydrogens (tertiary/aromatic N) is 3. The third-order valence-corrected chi connectivity index (χ3v) is 6.98. The Morgan fingerprint density at radius 1 is 0.897 bits per heavy atom. The van der Waals surface area contributed by atoms with Gasteiger partial charge in [0.2, 0.25) is 15.8 Å². The fourth-order valence-corrected chi connectivity index (χ4v) is 5.04. The van der Waals surface area contributed by atoms with Crippen molar-refractivity contribution in [2.75, 3.05) is 31.1 Å². The fraction of sp³-hybridized carbons (Fsp3) is 0.200. The third kappa shape index (κ3) is 3.54. The number of benzene rings is 3. The first-order chi connectivity index (χ1) is 13.9. The monoisotopic (exact) mass is 415 g/mol. The zero-order valence-corrected chi connectivity index (χ0v) is 16.2. The van der Waals surface area contributed by atoms with Crippen molar-refractivity contribution in [2.45, 2.75) is 4.90 Å². The highest BCUT2D eigenvalue weighted by atomic mass is 32.2. The lowest BCUT2D eigenvalue weighted by Crippen LogP contribution is -2.48. The average molecular weight is 415 g/mol. The molecule has 1 aliphatic rings. The van der Waals surface area contributed by atoms with Crippen LogP contribution in [-0.2, 0) is 10.0 Å². The molecule has 0 unspecified atom stereocenters. The van der Waals surface area contributed by atoms with Crippen molar-refractivity contribution in [3.63, 3.8) is 0 Å². The summed E-state index contributed by atoms with van der Waals surface area (Å²) in [6, 6.07) is 16.5. The summed E-state index contributed by atoms with van der Waals surface area (Å²) in [5.74, 6) is -0.904. The van der Waals surface area contributed by atoms with Crippen LogP contribution >= 0.6 is 0 Å². The summed E-state index contributed by atoms with van der Waals surface area (Å²) in [5, 5.41) is 13.0. The lowest BCUT2D eigenvalue weighted by molar-refractivity contribution is -0.386. The van der Waals surface area contributed by atoms with Crippen LogP contribution in [-0.4, -0.2) is 43.8 Å². The molecule has 1 fully saturated rings. The van der Waals surface area contributed by atoms with Crippen molar-refractivity contribution >= 4 is 32.2 Å². The van der Waals surface area contributed by atoms with Crippen LogP contribution in [0.5, 0.6) is 0 Å². The summed E-state index contributed by atoms with van der Waals surface area (Å²) in [5.41, 5.74) is -0.420. The molecule has 1 heterocycles. The molecule has 9 heteroatoms. The van der Waals surface area contributed by atoms with E-state index in [0.717, 1.165) is 16.8 Å². The number of para-hydroxylation sites is 1. The lowest BCUT2D eigenvalue weighted by atomic mass is 10.1. The Morgan fingerprint density at radius 2 is 1.59 bits per heavy atom. The quantitative estimate of drug-likeness (QED) is 0.482. The zero-order chi connectivity index (χ0) is 20.6. The van der Waals surface area contributed by atoms with Gasteiger partial charge in [-0.05, 0) is 35.0 Å². The van der Waals surface area contributed by atoms with Crippen LogP contribution < -0.4 is 4.90 Å². The molecule has 0 saturated carbocycles. The summed E-state index contributed by atoms with van der Waals surface area (Å²) >= 11 is 0. The lowest BCUT2D eigenvalue weighted by Gasteiger charge is -2.35. The highest BCUT2D eigenvalue weighted by molar-refractivity contribution is 7.89. The summed E-state index contributed by atoms with van der Waals surface area (Å²) < 4.78 is 41.3. The maximum Gasteiger partial charge on any atom is 0.327 e. The number of anilines is 1. The van der Waals surface area contributed by atoms with Crippen LogP contribution in [0.4, 0.5) is 15.8 Å². The molecule has 0 N–H and O–H groups in total. The van der Waals surface area contributed by atoms with Crippen LogP contribution in [0, 0.1) is 15.9 Å². The van der Waals surface area contributed by atoms with Crippen molar-refractivity contribution in [3.05, 3.63) is 76.6 Å². The summed E-state index contributed by atoms with van der Waals surface area (Å²) in [6.45, 7) is 0.778. The minimum Gasteiger partial charge on any atom is -0.363 e. The van der Waals surface area contributed by atoms with Gasteiger partial charge < -0.3 is 4.90 Å². The predicted octanol–water partition coefficient (Wildman–Crippen LogP) is 3.40. The van der Waals surface area contributed by atoms with Crippen LogP contribution in [0.1, 0.15) is 0 Å². The maximum atomic E-state index is 13.9. The molecule has 0 bridgehead atoms. The van der Waals surface area contributed by atoms with Gasteiger partial charge in [0.1, 0.15) is 5.69 Å². The molecule has 1 saturated heterocycles. The first-order valence-corrected chi connectivity index (χ1v) is 10.5. The number of sulfonamides is 1. The molecular weight excluding hydrogens is 397 g/mol. The van der Waals surface area contributed by atoms with Crippen molar-refractivity contribution < 1.29 is 17.7 Å². The minimum atomic E-state index is -3.70. The Kier molecular flexibility index (Phi) is 4.93. The molecule has 4 rings (SSSR count). The van der Waals surface area contributed by atoms with Crippen LogP contribution in [0.15, 0.2) is 65.6 Å². The van der Waals surface area contributed by atoms with Crippen molar-refractivity contribution in [1.82, 2.24) is 4.31 Å². The SMILES string of the molecule is O=[N+]([O-])c1c(F)cccc1N1CCN(S(=O)(=O)c2ccc3ccccc3c2)CC1. The molecule has 0 atom stereocenters. The summed E-state index contributed by atoms with van der Waals surface area (Å²) in [7, 11) is -3.70. The maximum absolute atomic E-state index is 13.9. The van der Waals surface area contributed by atoms with Gasteiger partial charge in [-0.3, -0.25) is 10.1 Å². The van der Waals surface area contributed by atoms with E-state index in [1.807, 2.05) is 24.3 Å². The summed E-state index contributed by atoms with van der Waals surface area (Å²) in [6.07, 6.45) is 0. The van der Waals surface area contributed by atoms with Gasteiger partial charge in [0.25, 0.3) is 0 Å². The predicted molar refractivity (Wildman–Crippen MR) is 108 cm³/mol. The number of rotatable bonds is 4. The van der Waals surface area contributed by atoms with Crippen molar-refractivity contribution in [3.8, 4) is 0 Å². The Morgan fingerprint density at radius 3 is 2.28 bits per heavy atom. The smallest absolute Gasteiger partial charge is 0.327 e. The van der Waals surface area contributed by atoms with Gasteiger partial charge in [-0.1, -0.05) is 36.4 Å². The molecule has 3 aromatic carbocycles. The molecule has 1 aliphatic heterocycles. The van der Waals surface area contributed by atoms with Crippen molar-refractivity contribution in [2.24, 2.45) is 0 Å². The highest BCUT2D eigenvalue weighted by Crippen LogP contribution is 2.32. The number of fused-ring (bicyclic) bond motifs is 1. The van der Waals surface area contributed by atoms with Gasteiger partial charge in [0.15, 0.2) is 0 Å². The molecule has 29 heavy (non-hydrogen) atoms. The van der Waals surface area contributed by atoms with E-state index in [2.05, 4.69) is 0 Å². The Labute approximate surface area is 167 Å². The topological polar surface area (TPSA) is 83.8 Å². The van der Waals surface area contributed by atoms with E-state index in [9.17, 15) is 22.9 Å². The second-order valence-corrected chi connectivity index (χ2v) is 8.70. The van der Waals surface area contributed by atoms with Gasteiger partial charge in [-0.25, -0.2) is 8.42 Å². The molecule has 0 aromatic heterocycles. The Bertz CT molecular complexity index is 1190. The van der Waals surface area contributed by atoms with E-state index >= 15 is 0 Å². The van der Waals surface area contributed by atoms with E-state index < -0.39 is 26.5 Å². The second kappa shape index (κ2) is 7.41. The van der Waals surface area contributed by atoms with Gasteiger partial charge >= 0.3 is 5.69 Å². The molecule has 0 amide bonds.